The summed E-state index contributed by atoms with van der Waals surface area (Å²) in [5.41, 5.74) is 2.38. The minimum absolute atomic E-state index is 0.473. The molecule has 1 aromatic heterocycles. The molecule has 0 saturated carbocycles. The second-order valence-electron chi connectivity index (χ2n) is 5.94. The van der Waals surface area contributed by atoms with Gasteiger partial charge in [-0.1, -0.05) is 30.7 Å². The van der Waals surface area contributed by atoms with Crippen molar-refractivity contribution >= 4 is 0 Å². The minimum atomic E-state index is 0.473. The maximum Gasteiger partial charge on any atom is 0.314 e. The number of methoxy groups -OCH3 is 1. The molecule has 0 spiro atoms. The largest absolute Gasteiger partial charge is 0.467 e. The van der Waals surface area contributed by atoms with E-state index in [0.717, 1.165) is 5.56 Å². The first-order chi connectivity index (χ1) is 10.7. The third-order valence-corrected chi connectivity index (χ3v) is 4.50. The van der Waals surface area contributed by atoms with Gasteiger partial charge in [0.2, 0.25) is 0 Å². The fraction of sp³-hybridized carbons (Fsp3) is 0.529. The van der Waals surface area contributed by atoms with Gasteiger partial charge in [-0.2, -0.15) is 4.98 Å². The molecule has 1 aliphatic rings. The monoisotopic (exact) mass is 300 g/mol. The lowest BCUT2D eigenvalue weighted by Gasteiger charge is -2.32. The molecule has 118 valence electrons. The molecule has 0 N–H and O–H groups in total. The van der Waals surface area contributed by atoms with Crippen molar-refractivity contribution in [2.24, 2.45) is 7.05 Å². The van der Waals surface area contributed by atoms with Crippen LogP contribution in [0.1, 0.15) is 37.8 Å². The molecule has 5 nitrogen and oxygen atoms in total. The highest BCUT2D eigenvalue weighted by Crippen LogP contribution is 2.26. The van der Waals surface area contributed by atoms with Crippen molar-refractivity contribution in [3.05, 3.63) is 29.8 Å². The second kappa shape index (κ2) is 6.48. The minimum Gasteiger partial charge on any atom is -0.467 e. The zero-order valence-electron chi connectivity index (χ0n) is 13.6. The molecule has 1 fully saturated rings. The Morgan fingerprint density at radius 3 is 2.36 bits per heavy atom. The summed E-state index contributed by atoms with van der Waals surface area (Å²) >= 11 is 0. The summed E-state index contributed by atoms with van der Waals surface area (Å²) in [7, 11) is 3.44. The number of piperidine rings is 1. The zero-order chi connectivity index (χ0) is 15.5. The van der Waals surface area contributed by atoms with Crippen LogP contribution in [-0.2, 0) is 7.05 Å². The Bertz CT molecular complexity index is 614. The van der Waals surface area contributed by atoms with Crippen LogP contribution in [0.5, 0.6) is 6.01 Å². The number of hydrogen-bond acceptors (Lipinski definition) is 4. The lowest BCUT2D eigenvalue weighted by molar-refractivity contribution is 0.175. The summed E-state index contributed by atoms with van der Waals surface area (Å²) in [5, 5.41) is 4.39. The van der Waals surface area contributed by atoms with Gasteiger partial charge in [-0.3, -0.25) is 4.90 Å². The fourth-order valence-corrected chi connectivity index (χ4v) is 3.10. The van der Waals surface area contributed by atoms with Crippen molar-refractivity contribution in [1.82, 2.24) is 19.7 Å². The molecule has 1 aliphatic heterocycles. The van der Waals surface area contributed by atoms with Gasteiger partial charge in [-0.25, -0.2) is 4.68 Å². The first-order valence-electron chi connectivity index (χ1n) is 7.98. The van der Waals surface area contributed by atoms with Gasteiger partial charge in [-0.05, 0) is 38.4 Å². The quantitative estimate of drug-likeness (QED) is 0.870. The first-order valence-corrected chi connectivity index (χ1v) is 7.98. The number of ether oxygens (including phenoxy) is 1. The average Bonchev–Trinajstić information content (AvgIpc) is 2.96. The lowest BCUT2D eigenvalue weighted by Crippen LogP contribution is -2.32. The third-order valence-electron chi connectivity index (χ3n) is 4.50. The van der Waals surface area contributed by atoms with Crippen LogP contribution in [0.2, 0.25) is 0 Å². The summed E-state index contributed by atoms with van der Waals surface area (Å²) in [6.45, 7) is 4.71. The number of nitrogens with zero attached hydrogens (tertiary/aromatic N) is 4. The standard InChI is InChI=1S/C17H24N4O/c1-13(21-11-5-4-6-12-21)14-7-9-15(10-8-14)16-18-17(22-3)20(2)19-16/h7-10,13H,4-6,11-12H2,1-3H3. The highest BCUT2D eigenvalue weighted by Gasteiger charge is 2.18. The third kappa shape index (κ3) is 2.99. The number of hydrogen-bond donors (Lipinski definition) is 0. The van der Waals surface area contributed by atoms with Crippen LogP contribution in [0.4, 0.5) is 0 Å². The molecule has 1 unspecified atom stereocenters. The van der Waals surface area contributed by atoms with Crippen molar-refractivity contribution in [3.63, 3.8) is 0 Å². The van der Waals surface area contributed by atoms with Crippen LogP contribution >= 0.6 is 0 Å². The topological polar surface area (TPSA) is 43.2 Å². The summed E-state index contributed by atoms with van der Waals surface area (Å²) in [6, 6.07) is 9.59. The van der Waals surface area contributed by atoms with E-state index < -0.39 is 0 Å². The highest BCUT2D eigenvalue weighted by atomic mass is 16.5. The summed E-state index contributed by atoms with van der Waals surface area (Å²) in [6.07, 6.45) is 4.01. The molecule has 1 aromatic carbocycles. The number of aromatic nitrogens is 3. The van der Waals surface area contributed by atoms with E-state index in [2.05, 4.69) is 46.2 Å². The maximum atomic E-state index is 5.17. The van der Waals surface area contributed by atoms with Gasteiger partial charge in [0.25, 0.3) is 0 Å². The molecule has 2 heterocycles. The fourth-order valence-electron chi connectivity index (χ4n) is 3.10. The van der Waals surface area contributed by atoms with Crippen molar-refractivity contribution in [2.75, 3.05) is 20.2 Å². The Kier molecular flexibility index (Phi) is 4.43. The molecule has 1 saturated heterocycles. The lowest BCUT2D eigenvalue weighted by atomic mass is 10.0. The molecule has 0 amide bonds. The predicted molar refractivity (Wildman–Crippen MR) is 86.8 cm³/mol. The van der Waals surface area contributed by atoms with Crippen LogP contribution in [0.25, 0.3) is 11.4 Å². The Balaban J connectivity index is 1.76. The summed E-state index contributed by atoms with van der Waals surface area (Å²) < 4.78 is 6.82. The number of benzene rings is 1. The molecule has 2 aromatic rings. The average molecular weight is 300 g/mol. The van der Waals surface area contributed by atoms with E-state index in [4.69, 9.17) is 4.74 Å². The number of aryl methyl sites for hydroxylation is 1. The summed E-state index contributed by atoms with van der Waals surface area (Å²) in [4.78, 5) is 6.95. The van der Waals surface area contributed by atoms with Gasteiger partial charge in [0.1, 0.15) is 0 Å². The second-order valence-corrected chi connectivity index (χ2v) is 5.94. The van der Waals surface area contributed by atoms with E-state index in [0.29, 0.717) is 17.9 Å². The molecule has 0 radical (unpaired) electrons. The van der Waals surface area contributed by atoms with Crippen molar-refractivity contribution in [2.45, 2.75) is 32.2 Å². The molecular formula is C17H24N4O. The highest BCUT2D eigenvalue weighted by molar-refractivity contribution is 5.55. The van der Waals surface area contributed by atoms with E-state index in [1.807, 2.05) is 7.05 Å². The SMILES string of the molecule is COc1nc(-c2ccc(C(C)N3CCCCC3)cc2)nn1C. The van der Waals surface area contributed by atoms with Gasteiger partial charge in [-0.15, -0.1) is 5.10 Å². The Hall–Kier alpha value is -1.88. The van der Waals surface area contributed by atoms with Crippen molar-refractivity contribution in [3.8, 4) is 17.4 Å². The zero-order valence-corrected chi connectivity index (χ0v) is 13.6. The molecule has 22 heavy (non-hydrogen) atoms. The Labute approximate surface area is 131 Å². The van der Waals surface area contributed by atoms with E-state index in [1.165, 1.54) is 37.9 Å². The van der Waals surface area contributed by atoms with Crippen LogP contribution in [-0.4, -0.2) is 39.9 Å². The molecule has 3 rings (SSSR count). The number of likely N-dealkylation sites (tertiary alicyclic amines) is 1. The van der Waals surface area contributed by atoms with E-state index in [9.17, 15) is 0 Å². The first kappa shape index (κ1) is 15.0. The Morgan fingerprint density at radius 2 is 1.77 bits per heavy atom. The smallest absolute Gasteiger partial charge is 0.314 e. The van der Waals surface area contributed by atoms with E-state index in [-0.39, 0.29) is 0 Å². The van der Waals surface area contributed by atoms with Crippen molar-refractivity contribution < 1.29 is 4.74 Å². The molecule has 1 atom stereocenters. The molecule has 5 heteroatoms. The predicted octanol–water partition coefficient (Wildman–Crippen LogP) is 3.04. The van der Waals surface area contributed by atoms with Crippen LogP contribution in [0.15, 0.2) is 24.3 Å². The normalized spacial score (nSPS) is 17.4. The van der Waals surface area contributed by atoms with Crippen LogP contribution in [0, 0.1) is 0 Å². The summed E-state index contributed by atoms with van der Waals surface area (Å²) in [5.74, 6) is 0.705. The van der Waals surface area contributed by atoms with Crippen LogP contribution in [0.3, 0.4) is 0 Å². The molecular weight excluding hydrogens is 276 g/mol. The van der Waals surface area contributed by atoms with Gasteiger partial charge in [0.15, 0.2) is 5.82 Å². The van der Waals surface area contributed by atoms with Crippen LogP contribution < -0.4 is 4.74 Å². The Morgan fingerprint density at radius 1 is 1.09 bits per heavy atom. The van der Waals surface area contributed by atoms with Gasteiger partial charge in [0.05, 0.1) is 7.11 Å². The van der Waals surface area contributed by atoms with Gasteiger partial charge in [0, 0.05) is 18.7 Å². The van der Waals surface area contributed by atoms with E-state index in [1.54, 1.807) is 11.8 Å². The maximum absolute atomic E-state index is 5.17. The molecule has 0 aliphatic carbocycles. The van der Waals surface area contributed by atoms with E-state index >= 15 is 0 Å². The van der Waals surface area contributed by atoms with Gasteiger partial charge < -0.3 is 4.74 Å². The molecule has 0 bridgehead atoms. The number of rotatable bonds is 4. The van der Waals surface area contributed by atoms with Gasteiger partial charge >= 0.3 is 6.01 Å². The van der Waals surface area contributed by atoms with Crippen molar-refractivity contribution in [1.29, 1.82) is 0 Å².